The van der Waals surface area contributed by atoms with Crippen LogP contribution in [0.2, 0.25) is 0 Å². The quantitative estimate of drug-likeness (QED) is 0.585. The van der Waals surface area contributed by atoms with Gasteiger partial charge in [-0.15, -0.1) is 0 Å². The summed E-state index contributed by atoms with van der Waals surface area (Å²) in [6.07, 6.45) is 2.22. The molecule has 0 radical (unpaired) electrons. The summed E-state index contributed by atoms with van der Waals surface area (Å²) in [5, 5.41) is 0. The Bertz CT molecular complexity index is 390. The molecule has 0 aromatic heterocycles. The molecule has 0 bridgehead atoms. The summed E-state index contributed by atoms with van der Waals surface area (Å²) < 4.78 is 5.32. The van der Waals surface area contributed by atoms with E-state index in [-0.39, 0.29) is 5.97 Å². The van der Waals surface area contributed by atoms with E-state index in [2.05, 4.69) is 22.9 Å². The molecule has 0 heterocycles. The fraction of sp³-hybridized carbons (Fsp3) is 0.533. The minimum atomic E-state index is -0.448. The standard InChI is InChI=1S/C15H21BrO2/c1-5-6-13(16)11-7-9-12(10-8-11)14(17)18-15(2,3)4/h7-10,13H,5-6H2,1-4H3. The first-order valence-electron chi connectivity index (χ1n) is 6.31. The maximum Gasteiger partial charge on any atom is 0.338 e. The van der Waals surface area contributed by atoms with Crippen LogP contribution < -0.4 is 0 Å². The van der Waals surface area contributed by atoms with Crippen LogP contribution >= 0.6 is 15.9 Å². The van der Waals surface area contributed by atoms with Crippen molar-refractivity contribution in [3.05, 3.63) is 35.4 Å². The number of halogens is 1. The van der Waals surface area contributed by atoms with E-state index in [1.165, 1.54) is 5.56 Å². The molecule has 0 aliphatic rings. The highest BCUT2D eigenvalue weighted by atomic mass is 79.9. The first-order chi connectivity index (χ1) is 8.33. The van der Waals surface area contributed by atoms with Crippen LogP contribution in [0.1, 0.15) is 61.3 Å². The molecule has 0 saturated carbocycles. The van der Waals surface area contributed by atoms with Crippen LogP contribution in [0.5, 0.6) is 0 Å². The van der Waals surface area contributed by atoms with Crippen molar-refractivity contribution in [2.45, 2.75) is 51.0 Å². The number of esters is 1. The number of alkyl halides is 1. The van der Waals surface area contributed by atoms with Crippen LogP contribution in [0.4, 0.5) is 0 Å². The van der Waals surface area contributed by atoms with E-state index >= 15 is 0 Å². The SMILES string of the molecule is CCCC(Br)c1ccc(C(=O)OC(C)(C)C)cc1. The Morgan fingerprint density at radius 3 is 2.28 bits per heavy atom. The van der Waals surface area contributed by atoms with Crippen molar-refractivity contribution in [1.82, 2.24) is 0 Å². The lowest BCUT2D eigenvalue weighted by Gasteiger charge is -2.19. The van der Waals surface area contributed by atoms with Gasteiger partial charge in [-0.1, -0.05) is 41.4 Å². The molecule has 100 valence electrons. The van der Waals surface area contributed by atoms with Crippen molar-refractivity contribution < 1.29 is 9.53 Å². The van der Waals surface area contributed by atoms with E-state index in [0.717, 1.165) is 12.8 Å². The molecular weight excluding hydrogens is 292 g/mol. The van der Waals surface area contributed by atoms with Crippen molar-refractivity contribution in [3.63, 3.8) is 0 Å². The van der Waals surface area contributed by atoms with Crippen molar-refractivity contribution in [1.29, 1.82) is 0 Å². The van der Waals surface area contributed by atoms with Gasteiger partial charge >= 0.3 is 5.97 Å². The van der Waals surface area contributed by atoms with E-state index in [1.807, 2.05) is 45.0 Å². The Morgan fingerprint density at radius 2 is 1.83 bits per heavy atom. The van der Waals surface area contributed by atoms with Crippen LogP contribution in [0.15, 0.2) is 24.3 Å². The number of carbonyl (C=O) groups excluding carboxylic acids is 1. The topological polar surface area (TPSA) is 26.3 Å². The third-order valence-corrected chi connectivity index (χ3v) is 3.44. The lowest BCUT2D eigenvalue weighted by Crippen LogP contribution is -2.23. The zero-order valence-corrected chi connectivity index (χ0v) is 13.1. The van der Waals surface area contributed by atoms with Gasteiger partial charge in [0.2, 0.25) is 0 Å². The van der Waals surface area contributed by atoms with E-state index < -0.39 is 5.60 Å². The monoisotopic (exact) mass is 312 g/mol. The highest BCUT2D eigenvalue weighted by molar-refractivity contribution is 9.09. The van der Waals surface area contributed by atoms with Crippen LogP contribution in [-0.2, 0) is 4.74 Å². The van der Waals surface area contributed by atoms with E-state index in [1.54, 1.807) is 0 Å². The van der Waals surface area contributed by atoms with Crippen molar-refractivity contribution in [2.75, 3.05) is 0 Å². The summed E-state index contributed by atoms with van der Waals surface area (Å²) >= 11 is 3.64. The van der Waals surface area contributed by atoms with Crippen LogP contribution in [-0.4, -0.2) is 11.6 Å². The third kappa shape index (κ3) is 4.81. The molecular formula is C15H21BrO2. The van der Waals surface area contributed by atoms with Gasteiger partial charge in [0.25, 0.3) is 0 Å². The van der Waals surface area contributed by atoms with E-state index in [9.17, 15) is 4.79 Å². The molecule has 3 heteroatoms. The molecule has 18 heavy (non-hydrogen) atoms. The first kappa shape index (κ1) is 15.2. The number of hydrogen-bond donors (Lipinski definition) is 0. The molecule has 0 fully saturated rings. The summed E-state index contributed by atoms with van der Waals surface area (Å²) in [5.41, 5.74) is 1.35. The second-order valence-corrected chi connectivity index (χ2v) is 6.49. The largest absolute Gasteiger partial charge is 0.456 e. The maximum atomic E-state index is 11.8. The van der Waals surface area contributed by atoms with Gasteiger partial charge in [0, 0.05) is 4.83 Å². The van der Waals surface area contributed by atoms with Gasteiger partial charge in [0.05, 0.1) is 5.56 Å². The molecule has 2 nitrogen and oxygen atoms in total. The lowest BCUT2D eigenvalue weighted by atomic mass is 10.1. The van der Waals surface area contributed by atoms with Gasteiger partial charge in [-0.2, -0.15) is 0 Å². The predicted octanol–water partition coefficient (Wildman–Crippen LogP) is 4.88. The normalized spacial score (nSPS) is 13.2. The predicted molar refractivity (Wildman–Crippen MR) is 78.2 cm³/mol. The molecule has 0 saturated heterocycles. The van der Waals surface area contributed by atoms with Gasteiger partial charge in [0.1, 0.15) is 5.60 Å². The van der Waals surface area contributed by atoms with E-state index in [0.29, 0.717) is 10.4 Å². The molecule has 0 spiro atoms. The Labute approximate surface area is 118 Å². The molecule has 1 atom stereocenters. The Hall–Kier alpha value is -0.830. The average molecular weight is 313 g/mol. The van der Waals surface area contributed by atoms with Crippen molar-refractivity contribution in [2.24, 2.45) is 0 Å². The molecule has 0 aliphatic carbocycles. The second-order valence-electron chi connectivity index (χ2n) is 5.38. The Balaban J connectivity index is 2.74. The van der Waals surface area contributed by atoms with Crippen molar-refractivity contribution in [3.8, 4) is 0 Å². The third-order valence-electron chi connectivity index (χ3n) is 2.45. The molecule has 0 aliphatic heterocycles. The van der Waals surface area contributed by atoms with Crippen molar-refractivity contribution >= 4 is 21.9 Å². The maximum absolute atomic E-state index is 11.8. The highest BCUT2D eigenvalue weighted by Crippen LogP contribution is 2.27. The summed E-state index contributed by atoms with van der Waals surface area (Å²) in [4.78, 5) is 12.2. The first-order valence-corrected chi connectivity index (χ1v) is 7.22. The van der Waals surface area contributed by atoms with Crippen LogP contribution in [0.3, 0.4) is 0 Å². The van der Waals surface area contributed by atoms with Gasteiger partial charge in [-0.3, -0.25) is 0 Å². The fourth-order valence-corrected chi connectivity index (χ4v) is 2.35. The number of carbonyl (C=O) groups is 1. The minimum Gasteiger partial charge on any atom is -0.456 e. The summed E-state index contributed by atoms with van der Waals surface area (Å²) in [6, 6.07) is 7.61. The summed E-state index contributed by atoms with van der Waals surface area (Å²) in [5.74, 6) is -0.268. The number of rotatable bonds is 4. The molecule has 0 amide bonds. The van der Waals surface area contributed by atoms with Crippen LogP contribution in [0.25, 0.3) is 0 Å². The number of hydrogen-bond acceptors (Lipinski definition) is 2. The smallest absolute Gasteiger partial charge is 0.338 e. The summed E-state index contributed by atoms with van der Waals surface area (Å²) in [6.45, 7) is 7.77. The van der Waals surface area contributed by atoms with Gasteiger partial charge in [-0.05, 0) is 44.9 Å². The molecule has 0 N–H and O–H groups in total. The van der Waals surface area contributed by atoms with E-state index in [4.69, 9.17) is 4.74 Å². The number of benzene rings is 1. The van der Waals surface area contributed by atoms with Gasteiger partial charge in [0.15, 0.2) is 0 Å². The summed E-state index contributed by atoms with van der Waals surface area (Å²) in [7, 11) is 0. The Morgan fingerprint density at radius 1 is 1.28 bits per heavy atom. The zero-order chi connectivity index (χ0) is 13.8. The highest BCUT2D eigenvalue weighted by Gasteiger charge is 2.18. The average Bonchev–Trinajstić information content (AvgIpc) is 2.27. The molecule has 1 aromatic carbocycles. The lowest BCUT2D eigenvalue weighted by molar-refractivity contribution is 0.00695. The second kappa shape index (κ2) is 6.37. The molecule has 1 unspecified atom stereocenters. The van der Waals surface area contributed by atoms with Gasteiger partial charge < -0.3 is 4.74 Å². The Kier molecular flexibility index (Phi) is 5.39. The molecule has 1 aromatic rings. The fourth-order valence-electron chi connectivity index (χ4n) is 1.59. The van der Waals surface area contributed by atoms with Crippen LogP contribution in [0, 0.1) is 0 Å². The minimum absolute atomic E-state index is 0.268. The number of ether oxygens (including phenoxy) is 1. The van der Waals surface area contributed by atoms with Gasteiger partial charge in [-0.25, -0.2) is 4.79 Å². The zero-order valence-electron chi connectivity index (χ0n) is 11.5. The molecule has 1 rings (SSSR count).